The number of nitrogens with zero attached hydrogens (tertiary/aromatic N) is 1. The maximum Gasteiger partial charge on any atom is 0.394 e. The number of carboxylic acids is 1. The van der Waals surface area contributed by atoms with Gasteiger partial charge in [0.1, 0.15) is 0 Å². The number of aliphatic carboxylic acids is 1. The van der Waals surface area contributed by atoms with Crippen molar-refractivity contribution in [1.29, 1.82) is 0 Å². The zero-order valence-corrected chi connectivity index (χ0v) is 9.69. The zero-order chi connectivity index (χ0) is 11.4. The second-order valence-electron chi connectivity index (χ2n) is 3.09. The summed E-state index contributed by atoms with van der Waals surface area (Å²) in [5.74, 6) is -2.34. The highest BCUT2D eigenvalue weighted by molar-refractivity contribution is 9.10. The van der Waals surface area contributed by atoms with Crippen LogP contribution in [0.3, 0.4) is 0 Å². The van der Waals surface area contributed by atoms with Gasteiger partial charge in [0.15, 0.2) is 0 Å². The molecule has 0 radical (unpaired) electrons. The lowest BCUT2D eigenvalue weighted by molar-refractivity contribution is -0.155. The lowest BCUT2D eigenvalue weighted by atomic mass is 10.2. The van der Waals surface area contributed by atoms with E-state index in [1.807, 2.05) is 24.3 Å². The van der Waals surface area contributed by atoms with Crippen molar-refractivity contribution >= 4 is 27.8 Å². The van der Waals surface area contributed by atoms with E-state index in [1.54, 1.807) is 0 Å². The van der Waals surface area contributed by atoms with Gasteiger partial charge >= 0.3 is 11.9 Å². The Morgan fingerprint density at radius 2 is 1.87 bits per heavy atom. The second kappa shape index (κ2) is 4.93. The van der Waals surface area contributed by atoms with E-state index < -0.39 is 11.9 Å². The number of likely N-dealkylation sites (N-methyl/N-ethyl adjacent to an activating group) is 1. The van der Waals surface area contributed by atoms with Crippen molar-refractivity contribution in [1.82, 2.24) is 4.90 Å². The van der Waals surface area contributed by atoms with Gasteiger partial charge in [-0.05, 0) is 17.7 Å². The molecule has 1 aromatic rings. The Morgan fingerprint density at radius 1 is 1.33 bits per heavy atom. The third-order valence-corrected chi connectivity index (χ3v) is 2.39. The molecule has 0 bridgehead atoms. The van der Waals surface area contributed by atoms with Crippen LogP contribution in [0.1, 0.15) is 5.56 Å². The zero-order valence-electron chi connectivity index (χ0n) is 8.11. The third-order valence-electron chi connectivity index (χ3n) is 1.86. The van der Waals surface area contributed by atoms with Gasteiger partial charge < -0.3 is 10.0 Å². The number of hydrogen-bond donors (Lipinski definition) is 1. The first-order valence-electron chi connectivity index (χ1n) is 4.23. The molecule has 1 amide bonds. The first kappa shape index (κ1) is 11.7. The van der Waals surface area contributed by atoms with Gasteiger partial charge in [-0.3, -0.25) is 4.79 Å². The molecule has 5 heteroatoms. The molecular formula is C10H10BrNO3. The first-order chi connectivity index (χ1) is 7.00. The van der Waals surface area contributed by atoms with E-state index in [2.05, 4.69) is 15.9 Å². The maximum absolute atomic E-state index is 11.0. The van der Waals surface area contributed by atoms with Crippen LogP contribution in [0.2, 0.25) is 0 Å². The highest BCUT2D eigenvalue weighted by Crippen LogP contribution is 2.11. The van der Waals surface area contributed by atoms with E-state index in [0.29, 0.717) is 6.54 Å². The van der Waals surface area contributed by atoms with Crippen LogP contribution in [-0.2, 0) is 16.1 Å². The van der Waals surface area contributed by atoms with Crippen LogP contribution >= 0.6 is 15.9 Å². The Hall–Kier alpha value is -1.36. The Labute approximate surface area is 95.6 Å². The Balaban J connectivity index is 2.66. The number of benzene rings is 1. The van der Waals surface area contributed by atoms with Crippen LogP contribution in [0.15, 0.2) is 28.7 Å². The van der Waals surface area contributed by atoms with Gasteiger partial charge in [-0.2, -0.15) is 0 Å². The van der Waals surface area contributed by atoms with Crippen molar-refractivity contribution < 1.29 is 14.7 Å². The number of rotatable bonds is 2. The molecule has 1 aromatic carbocycles. The predicted molar refractivity (Wildman–Crippen MR) is 58.3 cm³/mol. The van der Waals surface area contributed by atoms with Crippen LogP contribution in [0.25, 0.3) is 0 Å². The quantitative estimate of drug-likeness (QED) is 0.830. The molecule has 0 aliphatic heterocycles. The molecule has 0 unspecified atom stereocenters. The first-order valence-corrected chi connectivity index (χ1v) is 5.03. The van der Waals surface area contributed by atoms with E-state index in [-0.39, 0.29) is 0 Å². The second-order valence-corrected chi connectivity index (χ2v) is 4.01. The van der Waals surface area contributed by atoms with Gasteiger partial charge in [0.25, 0.3) is 0 Å². The molecule has 1 N–H and O–H groups in total. The molecule has 0 saturated carbocycles. The molecule has 0 atom stereocenters. The van der Waals surface area contributed by atoms with Crippen molar-refractivity contribution in [3.63, 3.8) is 0 Å². The summed E-state index contributed by atoms with van der Waals surface area (Å²) in [6.45, 7) is 0.290. The van der Waals surface area contributed by atoms with Crippen LogP contribution in [0.4, 0.5) is 0 Å². The average molecular weight is 272 g/mol. The summed E-state index contributed by atoms with van der Waals surface area (Å²) in [6.07, 6.45) is 0. The van der Waals surface area contributed by atoms with Gasteiger partial charge in [0.2, 0.25) is 0 Å². The summed E-state index contributed by atoms with van der Waals surface area (Å²) in [7, 11) is 1.46. The predicted octanol–water partition coefficient (Wildman–Crippen LogP) is 1.49. The topological polar surface area (TPSA) is 57.6 Å². The van der Waals surface area contributed by atoms with Crippen LogP contribution in [-0.4, -0.2) is 28.9 Å². The molecule has 0 fully saturated rings. The summed E-state index contributed by atoms with van der Waals surface area (Å²) < 4.78 is 0.943. The van der Waals surface area contributed by atoms with Crippen LogP contribution in [0.5, 0.6) is 0 Å². The number of carbonyl (C=O) groups is 2. The standard InChI is InChI=1S/C10H10BrNO3/c1-12(9(13)10(14)15)6-7-2-4-8(11)5-3-7/h2-5H,6H2,1H3,(H,14,15). The SMILES string of the molecule is CN(Cc1ccc(Br)cc1)C(=O)C(=O)O. The smallest absolute Gasteiger partial charge is 0.394 e. The average Bonchev–Trinajstić information content (AvgIpc) is 2.20. The Kier molecular flexibility index (Phi) is 3.85. The van der Waals surface area contributed by atoms with Crippen molar-refractivity contribution in [2.24, 2.45) is 0 Å². The fourth-order valence-corrected chi connectivity index (χ4v) is 1.36. The van der Waals surface area contributed by atoms with Gasteiger partial charge in [-0.1, -0.05) is 28.1 Å². The summed E-state index contributed by atoms with van der Waals surface area (Å²) >= 11 is 3.29. The lowest BCUT2D eigenvalue weighted by Crippen LogP contribution is -2.32. The summed E-state index contributed by atoms with van der Waals surface area (Å²) in [6, 6.07) is 7.34. The van der Waals surface area contributed by atoms with Crippen molar-refractivity contribution in [2.75, 3.05) is 7.05 Å². The molecule has 0 aliphatic rings. The van der Waals surface area contributed by atoms with Gasteiger partial charge in [-0.15, -0.1) is 0 Å². The summed E-state index contributed by atoms with van der Waals surface area (Å²) in [5.41, 5.74) is 0.885. The summed E-state index contributed by atoms with van der Waals surface area (Å²) in [5, 5.41) is 8.48. The monoisotopic (exact) mass is 271 g/mol. The minimum absolute atomic E-state index is 0.290. The number of halogens is 1. The number of carbonyl (C=O) groups excluding carboxylic acids is 1. The Morgan fingerprint density at radius 3 is 2.33 bits per heavy atom. The molecule has 0 spiro atoms. The molecule has 80 valence electrons. The molecule has 0 saturated heterocycles. The fourth-order valence-electron chi connectivity index (χ4n) is 1.10. The van der Waals surface area contributed by atoms with Crippen molar-refractivity contribution in [3.05, 3.63) is 34.3 Å². The molecule has 0 aromatic heterocycles. The molecule has 0 aliphatic carbocycles. The molecular weight excluding hydrogens is 262 g/mol. The van der Waals surface area contributed by atoms with Gasteiger partial charge in [-0.25, -0.2) is 4.79 Å². The largest absolute Gasteiger partial charge is 0.474 e. The van der Waals surface area contributed by atoms with Crippen LogP contribution in [0, 0.1) is 0 Å². The van der Waals surface area contributed by atoms with Crippen molar-refractivity contribution in [2.45, 2.75) is 6.54 Å². The number of amides is 1. The maximum atomic E-state index is 11.0. The van der Waals surface area contributed by atoms with Crippen molar-refractivity contribution in [3.8, 4) is 0 Å². The van der Waals surface area contributed by atoms with E-state index >= 15 is 0 Å². The molecule has 15 heavy (non-hydrogen) atoms. The number of carboxylic acid groups (broad SMARTS) is 1. The van der Waals surface area contributed by atoms with E-state index in [1.165, 1.54) is 7.05 Å². The minimum Gasteiger partial charge on any atom is -0.474 e. The van der Waals surface area contributed by atoms with E-state index in [0.717, 1.165) is 14.9 Å². The van der Waals surface area contributed by atoms with E-state index in [4.69, 9.17) is 5.11 Å². The number of hydrogen-bond acceptors (Lipinski definition) is 2. The van der Waals surface area contributed by atoms with Crippen LogP contribution < -0.4 is 0 Å². The highest BCUT2D eigenvalue weighted by Gasteiger charge is 2.16. The fraction of sp³-hybridized carbons (Fsp3) is 0.200. The summed E-state index contributed by atoms with van der Waals surface area (Å²) in [4.78, 5) is 22.6. The molecule has 1 rings (SSSR count). The third kappa shape index (κ3) is 3.36. The van der Waals surface area contributed by atoms with Gasteiger partial charge in [0.05, 0.1) is 0 Å². The highest BCUT2D eigenvalue weighted by atomic mass is 79.9. The lowest BCUT2D eigenvalue weighted by Gasteiger charge is -2.14. The molecule has 4 nitrogen and oxygen atoms in total. The van der Waals surface area contributed by atoms with Gasteiger partial charge in [0, 0.05) is 18.1 Å². The molecule has 0 heterocycles. The Bertz CT molecular complexity index is 375. The normalized spacial score (nSPS) is 9.73. The van der Waals surface area contributed by atoms with E-state index in [9.17, 15) is 9.59 Å². The minimum atomic E-state index is -1.44.